The van der Waals surface area contributed by atoms with Gasteiger partial charge in [0.15, 0.2) is 5.78 Å². The van der Waals surface area contributed by atoms with Crippen LogP contribution in [0.2, 0.25) is 5.02 Å². The van der Waals surface area contributed by atoms with Crippen LogP contribution >= 0.6 is 11.6 Å². The fourth-order valence-electron chi connectivity index (χ4n) is 2.62. The van der Waals surface area contributed by atoms with Gasteiger partial charge in [0.1, 0.15) is 0 Å². The summed E-state index contributed by atoms with van der Waals surface area (Å²) in [6, 6.07) is 7.55. The van der Waals surface area contributed by atoms with Gasteiger partial charge in [-0.1, -0.05) is 37.1 Å². The van der Waals surface area contributed by atoms with E-state index in [0.717, 1.165) is 24.4 Å². The van der Waals surface area contributed by atoms with Crippen LogP contribution in [0.1, 0.15) is 43.0 Å². The van der Waals surface area contributed by atoms with Crippen molar-refractivity contribution in [2.75, 3.05) is 6.54 Å². The highest BCUT2D eigenvalue weighted by molar-refractivity contribution is 6.31. The number of nitrogens with one attached hydrogen (secondary N) is 1. The number of ketones is 1. The van der Waals surface area contributed by atoms with Crippen LogP contribution in [0.4, 0.5) is 0 Å². The summed E-state index contributed by atoms with van der Waals surface area (Å²) in [6.45, 7) is 3.26. The lowest BCUT2D eigenvalue weighted by Crippen LogP contribution is -2.39. The summed E-state index contributed by atoms with van der Waals surface area (Å²) >= 11 is 5.91. The van der Waals surface area contributed by atoms with Gasteiger partial charge in [-0.15, -0.1) is 0 Å². The largest absolute Gasteiger partial charge is 0.314 e. The minimum absolute atomic E-state index is 0.187. The molecule has 0 aromatic heterocycles. The molecule has 1 fully saturated rings. The summed E-state index contributed by atoms with van der Waals surface area (Å²) in [5, 5.41) is 4.07. The van der Waals surface area contributed by atoms with E-state index < -0.39 is 0 Å². The van der Waals surface area contributed by atoms with Crippen LogP contribution in [0.5, 0.6) is 0 Å². The quantitative estimate of drug-likeness (QED) is 0.842. The smallest absolute Gasteiger partial charge is 0.164 e. The van der Waals surface area contributed by atoms with E-state index in [1.165, 1.54) is 12.8 Å². The molecule has 18 heavy (non-hydrogen) atoms. The topological polar surface area (TPSA) is 29.1 Å². The van der Waals surface area contributed by atoms with Crippen LogP contribution in [-0.2, 0) is 0 Å². The van der Waals surface area contributed by atoms with Crippen molar-refractivity contribution >= 4 is 17.4 Å². The molecule has 2 rings (SSSR count). The van der Waals surface area contributed by atoms with Gasteiger partial charge in [0.05, 0.1) is 0 Å². The van der Waals surface area contributed by atoms with Gasteiger partial charge in [-0.3, -0.25) is 4.79 Å². The Labute approximate surface area is 114 Å². The van der Waals surface area contributed by atoms with Crippen molar-refractivity contribution in [3.63, 3.8) is 0 Å². The molecule has 2 unspecified atom stereocenters. The standard InChI is InChI=1S/C15H20ClNO/c1-2-11-6-7-17-14(8-11)10-15(18)12-4-3-5-13(16)9-12/h3-5,9,11,14,17H,2,6-8,10H2,1H3. The Bertz CT molecular complexity index is 419. The predicted octanol–water partition coefficient (Wildman–Crippen LogP) is 3.69. The molecule has 0 aliphatic carbocycles. The molecule has 1 heterocycles. The summed E-state index contributed by atoms with van der Waals surface area (Å²) in [5.74, 6) is 0.954. The average Bonchev–Trinajstić information content (AvgIpc) is 2.39. The zero-order valence-electron chi connectivity index (χ0n) is 10.8. The number of piperidine rings is 1. The zero-order valence-corrected chi connectivity index (χ0v) is 11.5. The molecule has 1 aromatic rings. The average molecular weight is 266 g/mol. The fourth-order valence-corrected chi connectivity index (χ4v) is 2.82. The fraction of sp³-hybridized carbons (Fsp3) is 0.533. The Morgan fingerprint density at radius 1 is 1.50 bits per heavy atom. The third-order valence-corrected chi connectivity index (χ3v) is 3.99. The SMILES string of the molecule is CCC1CCNC(CC(=O)c2cccc(Cl)c2)C1. The third-order valence-electron chi connectivity index (χ3n) is 3.76. The summed E-state index contributed by atoms with van der Waals surface area (Å²) in [5.41, 5.74) is 0.725. The maximum Gasteiger partial charge on any atom is 0.164 e. The van der Waals surface area contributed by atoms with E-state index in [4.69, 9.17) is 11.6 Å². The van der Waals surface area contributed by atoms with Crippen LogP contribution < -0.4 is 5.32 Å². The summed E-state index contributed by atoms with van der Waals surface area (Å²) in [7, 11) is 0. The Balaban J connectivity index is 1.95. The number of rotatable bonds is 4. The van der Waals surface area contributed by atoms with Crippen molar-refractivity contribution in [3.05, 3.63) is 34.9 Å². The van der Waals surface area contributed by atoms with Crippen molar-refractivity contribution in [3.8, 4) is 0 Å². The first kappa shape index (κ1) is 13.6. The monoisotopic (exact) mass is 265 g/mol. The van der Waals surface area contributed by atoms with Gasteiger partial charge in [0.25, 0.3) is 0 Å². The van der Waals surface area contributed by atoms with Gasteiger partial charge in [-0.2, -0.15) is 0 Å². The molecule has 0 amide bonds. The molecule has 2 nitrogen and oxygen atoms in total. The summed E-state index contributed by atoms with van der Waals surface area (Å²) in [6.07, 6.45) is 4.14. The van der Waals surface area contributed by atoms with Gasteiger partial charge >= 0.3 is 0 Å². The van der Waals surface area contributed by atoms with E-state index in [9.17, 15) is 4.79 Å². The third kappa shape index (κ3) is 3.56. The summed E-state index contributed by atoms with van der Waals surface area (Å²) < 4.78 is 0. The number of Topliss-reactive ketones (excluding diaryl/α,β-unsaturated/α-hetero) is 1. The molecular weight excluding hydrogens is 246 g/mol. The number of halogens is 1. The van der Waals surface area contributed by atoms with Crippen molar-refractivity contribution < 1.29 is 4.79 Å². The molecule has 1 saturated heterocycles. The number of hydrogen-bond acceptors (Lipinski definition) is 2. The number of carbonyl (C=O) groups excluding carboxylic acids is 1. The number of carbonyl (C=O) groups is 1. The van der Waals surface area contributed by atoms with E-state index in [1.807, 2.05) is 12.1 Å². The Morgan fingerprint density at radius 3 is 3.06 bits per heavy atom. The van der Waals surface area contributed by atoms with E-state index in [1.54, 1.807) is 12.1 Å². The normalized spacial score (nSPS) is 23.9. The predicted molar refractivity (Wildman–Crippen MR) is 75.2 cm³/mol. The first-order valence-electron chi connectivity index (χ1n) is 6.71. The lowest BCUT2D eigenvalue weighted by molar-refractivity contribution is 0.0957. The second-order valence-electron chi connectivity index (χ2n) is 5.09. The lowest BCUT2D eigenvalue weighted by atomic mass is 9.87. The minimum Gasteiger partial charge on any atom is -0.314 e. The first-order chi connectivity index (χ1) is 8.69. The van der Waals surface area contributed by atoms with Crippen LogP contribution in [-0.4, -0.2) is 18.4 Å². The Hall–Kier alpha value is -0.860. The van der Waals surface area contributed by atoms with Crippen molar-refractivity contribution in [1.29, 1.82) is 0 Å². The zero-order chi connectivity index (χ0) is 13.0. The Morgan fingerprint density at radius 2 is 2.33 bits per heavy atom. The molecule has 0 spiro atoms. The Kier molecular flexibility index (Phi) is 4.79. The molecule has 1 aliphatic heterocycles. The highest BCUT2D eigenvalue weighted by Crippen LogP contribution is 2.22. The molecule has 3 heteroatoms. The van der Waals surface area contributed by atoms with Gasteiger partial charge in [0.2, 0.25) is 0 Å². The van der Waals surface area contributed by atoms with E-state index in [-0.39, 0.29) is 5.78 Å². The molecule has 0 bridgehead atoms. The van der Waals surface area contributed by atoms with Crippen LogP contribution in [0.3, 0.4) is 0 Å². The highest BCUT2D eigenvalue weighted by Gasteiger charge is 2.22. The maximum absolute atomic E-state index is 12.2. The second kappa shape index (κ2) is 6.35. The van der Waals surface area contributed by atoms with E-state index in [0.29, 0.717) is 17.5 Å². The van der Waals surface area contributed by atoms with Crippen molar-refractivity contribution in [1.82, 2.24) is 5.32 Å². The van der Waals surface area contributed by atoms with Crippen LogP contribution in [0.15, 0.2) is 24.3 Å². The second-order valence-corrected chi connectivity index (χ2v) is 5.52. The first-order valence-corrected chi connectivity index (χ1v) is 7.09. The molecule has 98 valence electrons. The van der Waals surface area contributed by atoms with Crippen molar-refractivity contribution in [2.45, 2.75) is 38.6 Å². The van der Waals surface area contributed by atoms with Crippen molar-refractivity contribution in [2.24, 2.45) is 5.92 Å². The highest BCUT2D eigenvalue weighted by atomic mass is 35.5. The van der Waals surface area contributed by atoms with Crippen LogP contribution in [0, 0.1) is 5.92 Å². The molecule has 2 atom stereocenters. The number of benzene rings is 1. The van der Waals surface area contributed by atoms with E-state index >= 15 is 0 Å². The maximum atomic E-state index is 12.2. The van der Waals surface area contributed by atoms with Gasteiger partial charge in [0, 0.05) is 23.0 Å². The minimum atomic E-state index is 0.187. The molecule has 1 aliphatic rings. The van der Waals surface area contributed by atoms with Gasteiger partial charge in [-0.05, 0) is 37.4 Å². The lowest BCUT2D eigenvalue weighted by Gasteiger charge is -2.29. The van der Waals surface area contributed by atoms with Crippen LogP contribution in [0.25, 0.3) is 0 Å². The van der Waals surface area contributed by atoms with Gasteiger partial charge < -0.3 is 5.32 Å². The molecule has 1 aromatic carbocycles. The summed E-state index contributed by atoms with van der Waals surface area (Å²) in [4.78, 5) is 12.2. The molecule has 1 N–H and O–H groups in total. The number of hydrogen-bond donors (Lipinski definition) is 1. The van der Waals surface area contributed by atoms with Gasteiger partial charge in [-0.25, -0.2) is 0 Å². The van der Waals surface area contributed by atoms with E-state index in [2.05, 4.69) is 12.2 Å². The molecular formula is C15H20ClNO. The molecule has 0 saturated carbocycles. The molecule has 0 radical (unpaired) electrons.